The predicted octanol–water partition coefficient (Wildman–Crippen LogP) is 1.49. The number of nitrogens with one attached hydrogen (secondary N) is 1. The van der Waals surface area contributed by atoms with Gasteiger partial charge in [0.1, 0.15) is 18.0 Å². The van der Waals surface area contributed by atoms with Gasteiger partial charge in [0.15, 0.2) is 0 Å². The van der Waals surface area contributed by atoms with Crippen LogP contribution in [0.4, 0.5) is 5.69 Å². The number of benzene rings is 1. The highest BCUT2D eigenvalue weighted by Crippen LogP contribution is 2.31. The molecule has 116 valence electrons. The van der Waals surface area contributed by atoms with Gasteiger partial charge in [-0.05, 0) is 25.8 Å². The molecule has 0 saturated heterocycles. The monoisotopic (exact) mass is 296 g/mol. The molecule has 1 atom stereocenters. The van der Waals surface area contributed by atoms with E-state index in [2.05, 4.69) is 5.32 Å². The van der Waals surface area contributed by atoms with Gasteiger partial charge >= 0.3 is 5.69 Å². The van der Waals surface area contributed by atoms with Crippen LogP contribution in [0, 0.1) is 10.1 Å². The first-order valence-electron chi connectivity index (χ1n) is 6.82. The molecule has 2 N–H and O–H groups in total. The number of ether oxygens (including phenoxy) is 2. The van der Waals surface area contributed by atoms with E-state index in [1.807, 2.05) is 0 Å². The van der Waals surface area contributed by atoms with Gasteiger partial charge in [0.05, 0.1) is 12.0 Å². The number of hydrogen-bond donors (Lipinski definition) is 2. The summed E-state index contributed by atoms with van der Waals surface area (Å²) in [5, 5.41) is 24.4. The van der Waals surface area contributed by atoms with Crippen molar-refractivity contribution in [2.24, 2.45) is 0 Å². The van der Waals surface area contributed by atoms with Crippen LogP contribution in [0.3, 0.4) is 0 Å². The van der Waals surface area contributed by atoms with Gasteiger partial charge in [-0.3, -0.25) is 10.1 Å². The zero-order valence-corrected chi connectivity index (χ0v) is 12.2. The lowest BCUT2D eigenvalue weighted by Gasteiger charge is -2.24. The molecule has 0 amide bonds. The normalized spacial score (nSPS) is 17.1. The summed E-state index contributed by atoms with van der Waals surface area (Å²) < 4.78 is 10.5. The van der Waals surface area contributed by atoms with Crippen LogP contribution in [0.25, 0.3) is 0 Å². The Hall–Kier alpha value is -1.86. The van der Waals surface area contributed by atoms with Gasteiger partial charge in [-0.1, -0.05) is 0 Å². The van der Waals surface area contributed by atoms with E-state index >= 15 is 0 Å². The molecule has 1 unspecified atom stereocenters. The summed E-state index contributed by atoms with van der Waals surface area (Å²) in [6.45, 7) is 1.98. The first-order valence-corrected chi connectivity index (χ1v) is 6.82. The van der Waals surface area contributed by atoms with Crippen LogP contribution in [-0.4, -0.2) is 41.9 Å². The third-order valence-electron chi connectivity index (χ3n) is 3.25. The Morgan fingerprint density at radius 2 is 2.24 bits per heavy atom. The standard InChI is InChI=1S/C14H20N2O5/c1-14(17,8-15-10-3-4-10)9-21-13-7-11(20-2)5-6-12(13)16(18)19/h5-7,10,15,17H,3-4,8-9H2,1-2H3. The van der Waals surface area contributed by atoms with E-state index in [1.165, 1.54) is 25.3 Å². The lowest BCUT2D eigenvalue weighted by atomic mass is 10.1. The summed E-state index contributed by atoms with van der Waals surface area (Å²) in [5.41, 5.74) is -1.25. The molecule has 0 heterocycles. The Balaban J connectivity index is 2.01. The van der Waals surface area contributed by atoms with Gasteiger partial charge in [-0.15, -0.1) is 0 Å². The zero-order chi connectivity index (χ0) is 15.5. The molecule has 0 bridgehead atoms. The molecule has 1 aromatic carbocycles. The summed E-state index contributed by atoms with van der Waals surface area (Å²) in [7, 11) is 1.47. The maximum Gasteiger partial charge on any atom is 0.311 e. The van der Waals surface area contributed by atoms with Crippen molar-refractivity contribution in [3.63, 3.8) is 0 Å². The number of rotatable bonds is 8. The molecule has 7 heteroatoms. The number of hydrogen-bond acceptors (Lipinski definition) is 6. The fraction of sp³-hybridized carbons (Fsp3) is 0.571. The topological polar surface area (TPSA) is 93.9 Å². The van der Waals surface area contributed by atoms with Gasteiger partial charge in [-0.25, -0.2) is 0 Å². The van der Waals surface area contributed by atoms with Crippen molar-refractivity contribution in [1.82, 2.24) is 5.32 Å². The van der Waals surface area contributed by atoms with Crippen LogP contribution in [0.2, 0.25) is 0 Å². The molecule has 0 aliphatic heterocycles. The Labute approximate surface area is 123 Å². The summed E-state index contributed by atoms with van der Waals surface area (Å²) in [4.78, 5) is 10.5. The van der Waals surface area contributed by atoms with Gasteiger partial charge in [0.2, 0.25) is 5.75 Å². The molecule has 2 rings (SSSR count). The lowest BCUT2D eigenvalue weighted by molar-refractivity contribution is -0.386. The van der Waals surface area contributed by atoms with Gasteiger partial charge in [0, 0.05) is 24.7 Å². The maximum atomic E-state index is 11.0. The fourth-order valence-electron chi connectivity index (χ4n) is 1.82. The van der Waals surface area contributed by atoms with Crippen LogP contribution in [-0.2, 0) is 0 Å². The highest BCUT2D eigenvalue weighted by atomic mass is 16.6. The second kappa shape index (κ2) is 6.28. The minimum Gasteiger partial charge on any atom is -0.497 e. The van der Waals surface area contributed by atoms with Crippen molar-refractivity contribution in [3.8, 4) is 11.5 Å². The van der Waals surface area contributed by atoms with E-state index in [-0.39, 0.29) is 18.0 Å². The second-order valence-electron chi connectivity index (χ2n) is 5.53. The quantitative estimate of drug-likeness (QED) is 0.557. The zero-order valence-electron chi connectivity index (χ0n) is 12.2. The van der Waals surface area contributed by atoms with Crippen molar-refractivity contribution in [1.29, 1.82) is 0 Å². The Morgan fingerprint density at radius 3 is 2.81 bits per heavy atom. The second-order valence-corrected chi connectivity index (χ2v) is 5.53. The summed E-state index contributed by atoms with van der Waals surface area (Å²) >= 11 is 0. The highest BCUT2D eigenvalue weighted by Gasteiger charge is 2.28. The summed E-state index contributed by atoms with van der Waals surface area (Å²) in [6.07, 6.45) is 2.25. The van der Waals surface area contributed by atoms with E-state index in [1.54, 1.807) is 6.92 Å². The number of nitrogens with zero attached hydrogens (tertiary/aromatic N) is 1. The molecule has 1 aliphatic rings. The predicted molar refractivity (Wildman–Crippen MR) is 76.8 cm³/mol. The summed E-state index contributed by atoms with van der Waals surface area (Å²) in [6, 6.07) is 4.74. The van der Waals surface area contributed by atoms with Crippen molar-refractivity contribution in [2.45, 2.75) is 31.4 Å². The van der Waals surface area contributed by atoms with Crippen molar-refractivity contribution < 1.29 is 19.5 Å². The van der Waals surface area contributed by atoms with Crippen LogP contribution < -0.4 is 14.8 Å². The van der Waals surface area contributed by atoms with Crippen molar-refractivity contribution in [3.05, 3.63) is 28.3 Å². The average Bonchev–Trinajstić information content (AvgIpc) is 3.27. The lowest BCUT2D eigenvalue weighted by Crippen LogP contribution is -2.43. The molecule has 1 saturated carbocycles. The minimum absolute atomic E-state index is 0.0409. The smallest absolute Gasteiger partial charge is 0.311 e. The average molecular weight is 296 g/mol. The highest BCUT2D eigenvalue weighted by molar-refractivity contribution is 5.50. The molecule has 0 aromatic heterocycles. The largest absolute Gasteiger partial charge is 0.497 e. The number of nitro groups is 1. The van der Waals surface area contributed by atoms with Gasteiger partial charge in [-0.2, -0.15) is 0 Å². The Kier molecular flexibility index (Phi) is 4.64. The minimum atomic E-state index is -1.10. The van der Waals surface area contributed by atoms with Crippen molar-refractivity contribution >= 4 is 5.69 Å². The molecule has 1 fully saturated rings. The van der Waals surface area contributed by atoms with Crippen LogP contribution in [0.5, 0.6) is 11.5 Å². The summed E-state index contributed by atoms with van der Waals surface area (Å²) in [5.74, 6) is 0.553. The molecule has 1 aliphatic carbocycles. The fourth-order valence-corrected chi connectivity index (χ4v) is 1.82. The molecule has 0 radical (unpaired) electrons. The van der Waals surface area contributed by atoms with Crippen molar-refractivity contribution in [2.75, 3.05) is 20.3 Å². The Bertz CT molecular complexity index is 514. The van der Waals surface area contributed by atoms with Crippen LogP contribution in [0.15, 0.2) is 18.2 Å². The number of methoxy groups -OCH3 is 1. The number of nitro benzene ring substituents is 1. The molecule has 0 spiro atoms. The van der Waals surface area contributed by atoms with E-state index in [9.17, 15) is 15.2 Å². The van der Waals surface area contributed by atoms with Gasteiger partial charge < -0.3 is 19.9 Å². The SMILES string of the molecule is COc1ccc([N+](=O)[O-])c(OCC(C)(O)CNC2CC2)c1. The van der Waals surface area contributed by atoms with E-state index in [0.29, 0.717) is 18.3 Å². The van der Waals surface area contributed by atoms with Gasteiger partial charge in [0.25, 0.3) is 0 Å². The van der Waals surface area contributed by atoms with E-state index in [4.69, 9.17) is 9.47 Å². The third-order valence-corrected chi connectivity index (χ3v) is 3.25. The molecule has 21 heavy (non-hydrogen) atoms. The Morgan fingerprint density at radius 1 is 1.52 bits per heavy atom. The maximum absolute atomic E-state index is 11.0. The molecule has 7 nitrogen and oxygen atoms in total. The third kappa shape index (κ3) is 4.57. The van der Waals surface area contributed by atoms with Crippen LogP contribution >= 0.6 is 0 Å². The van der Waals surface area contributed by atoms with E-state index < -0.39 is 10.5 Å². The first-order chi connectivity index (χ1) is 9.91. The van der Waals surface area contributed by atoms with E-state index in [0.717, 1.165) is 12.8 Å². The molecular formula is C14H20N2O5. The first kappa shape index (κ1) is 15.5. The van der Waals surface area contributed by atoms with Crippen LogP contribution in [0.1, 0.15) is 19.8 Å². The number of aliphatic hydroxyl groups is 1. The molecule has 1 aromatic rings. The molecular weight excluding hydrogens is 276 g/mol.